The van der Waals surface area contributed by atoms with Crippen LogP contribution in [0.2, 0.25) is 0 Å². The fraction of sp³-hybridized carbons (Fsp3) is 0.214. The summed E-state index contributed by atoms with van der Waals surface area (Å²) in [5, 5.41) is 2.11. The van der Waals surface area contributed by atoms with E-state index in [1.165, 1.54) is 0 Å². The van der Waals surface area contributed by atoms with E-state index in [0.29, 0.717) is 6.54 Å². The van der Waals surface area contributed by atoms with Crippen molar-refractivity contribution in [2.45, 2.75) is 13.5 Å². The topological polar surface area (TPSA) is 52.5 Å². The van der Waals surface area contributed by atoms with Gasteiger partial charge in [-0.25, -0.2) is 4.98 Å². The Morgan fingerprint density at radius 1 is 1.32 bits per heavy atom. The number of imidazole rings is 1. The molecular weight excluding hydrogens is 258 g/mol. The Bertz CT molecular complexity index is 712. The van der Waals surface area contributed by atoms with Crippen LogP contribution in [0.5, 0.6) is 5.75 Å². The summed E-state index contributed by atoms with van der Waals surface area (Å²) in [7, 11) is 1.67. The number of methoxy groups -OCH3 is 1. The number of hydrogen-bond donors (Lipinski definition) is 1. The van der Waals surface area contributed by atoms with Crippen LogP contribution in [0.1, 0.15) is 11.4 Å². The van der Waals surface area contributed by atoms with Crippen LogP contribution in [0.3, 0.4) is 0 Å². The molecule has 0 saturated heterocycles. The van der Waals surface area contributed by atoms with E-state index in [-0.39, 0.29) is 0 Å². The predicted octanol–water partition coefficient (Wildman–Crippen LogP) is 2.84. The van der Waals surface area contributed by atoms with Gasteiger partial charge in [-0.05, 0) is 36.8 Å². The van der Waals surface area contributed by atoms with E-state index in [1.54, 1.807) is 18.4 Å². The van der Waals surface area contributed by atoms with Gasteiger partial charge in [-0.1, -0.05) is 0 Å². The van der Waals surface area contributed by atoms with Gasteiger partial charge in [-0.15, -0.1) is 11.3 Å². The van der Waals surface area contributed by atoms with E-state index in [0.717, 1.165) is 33.4 Å². The van der Waals surface area contributed by atoms with Crippen LogP contribution in [0.25, 0.3) is 16.2 Å². The minimum atomic E-state index is 0.493. The molecule has 0 radical (unpaired) electrons. The summed E-state index contributed by atoms with van der Waals surface area (Å²) in [5.74, 6) is 0.857. The highest BCUT2D eigenvalue weighted by Crippen LogP contribution is 2.29. The number of benzene rings is 1. The molecule has 4 nitrogen and oxygen atoms in total. The van der Waals surface area contributed by atoms with E-state index in [1.807, 2.05) is 19.1 Å². The smallest absolute Gasteiger partial charge is 0.194 e. The molecule has 0 aliphatic rings. The number of ether oxygens (including phenoxy) is 1. The fourth-order valence-electron chi connectivity index (χ4n) is 2.22. The molecule has 19 heavy (non-hydrogen) atoms. The minimum absolute atomic E-state index is 0.493. The molecule has 0 amide bonds. The Morgan fingerprint density at radius 3 is 2.68 bits per heavy atom. The van der Waals surface area contributed by atoms with E-state index in [4.69, 9.17) is 10.5 Å². The summed E-state index contributed by atoms with van der Waals surface area (Å²) >= 11 is 1.63. The van der Waals surface area contributed by atoms with Gasteiger partial charge < -0.3 is 10.5 Å². The standard InChI is InChI=1S/C14H15N3OS/c1-9-12(7-15)17-13(8-19-14(17)16-9)10-3-5-11(18-2)6-4-10/h3-6,8H,7,15H2,1-2H3. The normalized spacial score (nSPS) is 11.1. The lowest BCUT2D eigenvalue weighted by Gasteiger charge is -2.05. The van der Waals surface area contributed by atoms with Crippen LogP contribution < -0.4 is 10.5 Å². The van der Waals surface area contributed by atoms with Crippen LogP contribution in [0.15, 0.2) is 29.6 Å². The van der Waals surface area contributed by atoms with Crippen LogP contribution >= 0.6 is 11.3 Å². The lowest BCUT2D eigenvalue weighted by atomic mass is 10.1. The number of fused-ring (bicyclic) bond motifs is 1. The van der Waals surface area contributed by atoms with Crippen molar-refractivity contribution < 1.29 is 4.74 Å². The first kappa shape index (κ1) is 12.2. The molecule has 98 valence electrons. The molecule has 0 fully saturated rings. The van der Waals surface area contributed by atoms with Crippen LogP contribution in [0, 0.1) is 6.92 Å². The monoisotopic (exact) mass is 273 g/mol. The molecule has 0 spiro atoms. The lowest BCUT2D eigenvalue weighted by molar-refractivity contribution is 0.415. The average Bonchev–Trinajstić information content (AvgIpc) is 2.96. The summed E-state index contributed by atoms with van der Waals surface area (Å²) in [4.78, 5) is 5.53. The molecule has 2 heterocycles. The Labute approximate surface area is 115 Å². The number of aryl methyl sites for hydroxylation is 1. The second-order valence-electron chi connectivity index (χ2n) is 4.32. The summed E-state index contributed by atoms with van der Waals surface area (Å²) in [6, 6.07) is 8.03. The SMILES string of the molecule is COc1ccc(-c2csc3nc(C)c(CN)n23)cc1. The molecule has 0 unspecified atom stereocenters. The summed E-state index contributed by atoms with van der Waals surface area (Å²) in [6.45, 7) is 2.49. The third kappa shape index (κ3) is 1.91. The minimum Gasteiger partial charge on any atom is -0.497 e. The molecule has 3 aromatic rings. The Kier molecular flexibility index (Phi) is 3.00. The Hall–Kier alpha value is -1.85. The summed E-state index contributed by atoms with van der Waals surface area (Å²) in [5.41, 5.74) is 10.2. The Balaban J connectivity index is 2.18. The van der Waals surface area contributed by atoms with E-state index in [2.05, 4.69) is 26.9 Å². The summed E-state index contributed by atoms with van der Waals surface area (Å²) in [6.07, 6.45) is 0. The Morgan fingerprint density at radius 2 is 2.05 bits per heavy atom. The third-order valence-corrected chi connectivity index (χ3v) is 4.06. The van der Waals surface area contributed by atoms with Gasteiger partial charge in [0.1, 0.15) is 5.75 Å². The van der Waals surface area contributed by atoms with Crippen molar-refractivity contribution >= 4 is 16.3 Å². The maximum absolute atomic E-state index is 5.84. The highest BCUT2D eigenvalue weighted by molar-refractivity contribution is 7.15. The fourth-order valence-corrected chi connectivity index (χ4v) is 3.18. The second kappa shape index (κ2) is 4.68. The first-order valence-electron chi connectivity index (χ1n) is 6.04. The van der Waals surface area contributed by atoms with E-state index < -0.39 is 0 Å². The molecule has 2 aromatic heterocycles. The van der Waals surface area contributed by atoms with Gasteiger partial charge in [-0.2, -0.15) is 0 Å². The largest absolute Gasteiger partial charge is 0.497 e. The zero-order chi connectivity index (χ0) is 13.4. The zero-order valence-electron chi connectivity index (χ0n) is 10.9. The molecule has 3 rings (SSSR count). The molecule has 5 heteroatoms. The molecule has 2 N–H and O–H groups in total. The maximum Gasteiger partial charge on any atom is 0.194 e. The average molecular weight is 273 g/mol. The molecule has 0 saturated carbocycles. The van der Waals surface area contributed by atoms with Gasteiger partial charge in [0, 0.05) is 11.9 Å². The van der Waals surface area contributed by atoms with Gasteiger partial charge in [0.25, 0.3) is 0 Å². The zero-order valence-corrected chi connectivity index (χ0v) is 11.7. The van der Waals surface area contributed by atoms with Crippen molar-refractivity contribution in [3.8, 4) is 17.0 Å². The van der Waals surface area contributed by atoms with Crippen molar-refractivity contribution in [2.75, 3.05) is 7.11 Å². The molecule has 1 aromatic carbocycles. The summed E-state index contributed by atoms with van der Waals surface area (Å²) < 4.78 is 7.33. The predicted molar refractivity (Wildman–Crippen MR) is 77.7 cm³/mol. The number of hydrogen-bond acceptors (Lipinski definition) is 4. The van der Waals surface area contributed by atoms with Crippen molar-refractivity contribution in [1.82, 2.24) is 9.38 Å². The van der Waals surface area contributed by atoms with Crippen molar-refractivity contribution in [1.29, 1.82) is 0 Å². The number of thiazole rings is 1. The van der Waals surface area contributed by atoms with Crippen LogP contribution in [-0.4, -0.2) is 16.5 Å². The number of aromatic nitrogens is 2. The number of nitrogens with zero attached hydrogens (tertiary/aromatic N) is 2. The van der Waals surface area contributed by atoms with Gasteiger partial charge >= 0.3 is 0 Å². The van der Waals surface area contributed by atoms with E-state index >= 15 is 0 Å². The first-order valence-corrected chi connectivity index (χ1v) is 6.92. The third-order valence-electron chi connectivity index (χ3n) is 3.24. The lowest BCUT2D eigenvalue weighted by Crippen LogP contribution is -2.03. The highest BCUT2D eigenvalue weighted by Gasteiger charge is 2.13. The van der Waals surface area contributed by atoms with Crippen LogP contribution in [0.4, 0.5) is 0 Å². The quantitative estimate of drug-likeness (QED) is 0.798. The molecule has 0 aliphatic carbocycles. The maximum atomic E-state index is 5.84. The first-order chi connectivity index (χ1) is 9.24. The van der Waals surface area contributed by atoms with Crippen molar-refractivity contribution in [3.63, 3.8) is 0 Å². The second-order valence-corrected chi connectivity index (χ2v) is 5.15. The van der Waals surface area contributed by atoms with Crippen molar-refractivity contribution in [2.24, 2.45) is 5.73 Å². The molecular formula is C14H15N3OS. The molecule has 0 bridgehead atoms. The molecule has 0 aliphatic heterocycles. The number of nitrogens with two attached hydrogens (primary N) is 1. The van der Waals surface area contributed by atoms with Gasteiger partial charge in [0.2, 0.25) is 0 Å². The van der Waals surface area contributed by atoms with Gasteiger partial charge in [-0.3, -0.25) is 4.40 Å². The number of rotatable bonds is 3. The van der Waals surface area contributed by atoms with E-state index in [9.17, 15) is 0 Å². The van der Waals surface area contributed by atoms with Gasteiger partial charge in [0.05, 0.1) is 24.2 Å². The molecule has 0 atom stereocenters. The van der Waals surface area contributed by atoms with Crippen molar-refractivity contribution in [3.05, 3.63) is 41.0 Å². The highest BCUT2D eigenvalue weighted by atomic mass is 32.1. The van der Waals surface area contributed by atoms with Gasteiger partial charge in [0.15, 0.2) is 4.96 Å². The van der Waals surface area contributed by atoms with Crippen LogP contribution in [-0.2, 0) is 6.54 Å².